The molecule has 118 valence electrons. The standard InChI is InChI=1S/C18H19N3O2/c1-12-16(13(2)20-19-12)9-10-17(22)14-5-7-15(8-6-14)21-11-3-4-18(21)23/h5-10H,3-4,11H2,1-2H3,(H,19,20). The molecule has 1 aliphatic rings. The monoisotopic (exact) mass is 309 g/mol. The summed E-state index contributed by atoms with van der Waals surface area (Å²) < 4.78 is 0. The van der Waals surface area contributed by atoms with Gasteiger partial charge in [-0.3, -0.25) is 14.7 Å². The number of ketones is 1. The number of carbonyl (C=O) groups excluding carboxylic acids is 2. The molecule has 5 nitrogen and oxygen atoms in total. The van der Waals surface area contributed by atoms with E-state index in [0.717, 1.165) is 35.6 Å². The van der Waals surface area contributed by atoms with E-state index in [-0.39, 0.29) is 11.7 Å². The van der Waals surface area contributed by atoms with Gasteiger partial charge in [-0.25, -0.2) is 0 Å². The Hall–Kier alpha value is -2.69. The highest BCUT2D eigenvalue weighted by Gasteiger charge is 2.21. The summed E-state index contributed by atoms with van der Waals surface area (Å²) >= 11 is 0. The zero-order chi connectivity index (χ0) is 16.4. The second kappa shape index (κ2) is 6.20. The van der Waals surface area contributed by atoms with Crippen molar-refractivity contribution in [3.8, 4) is 0 Å². The van der Waals surface area contributed by atoms with Crippen LogP contribution in [-0.4, -0.2) is 28.4 Å². The lowest BCUT2D eigenvalue weighted by Gasteiger charge is -2.15. The molecule has 0 aliphatic carbocycles. The smallest absolute Gasteiger partial charge is 0.227 e. The summed E-state index contributed by atoms with van der Waals surface area (Å²) in [4.78, 5) is 25.8. The van der Waals surface area contributed by atoms with Crippen LogP contribution in [0, 0.1) is 13.8 Å². The third-order valence-electron chi connectivity index (χ3n) is 4.12. The van der Waals surface area contributed by atoms with Gasteiger partial charge < -0.3 is 4.90 Å². The second-order valence-electron chi connectivity index (χ2n) is 5.74. The van der Waals surface area contributed by atoms with E-state index >= 15 is 0 Å². The van der Waals surface area contributed by atoms with Crippen LogP contribution in [0.1, 0.15) is 40.2 Å². The van der Waals surface area contributed by atoms with Gasteiger partial charge in [0.2, 0.25) is 5.91 Å². The van der Waals surface area contributed by atoms with Gasteiger partial charge in [-0.2, -0.15) is 5.10 Å². The Kier molecular flexibility index (Phi) is 4.10. The van der Waals surface area contributed by atoms with Crippen molar-refractivity contribution >= 4 is 23.5 Å². The van der Waals surface area contributed by atoms with Crippen LogP contribution in [0.3, 0.4) is 0 Å². The molecule has 0 radical (unpaired) electrons. The number of hydrogen-bond acceptors (Lipinski definition) is 3. The molecule has 0 unspecified atom stereocenters. The molecule has 2 aromatic rings. The van der Waals surface area contributed by atoms with Gasteiger partial charge in [0.1, 0.15) is 0 Å². The largest absolute Gasteiger partial charge is 0.312 e. The van der Waals surface area contributed by atoms with E-state index in [1.54, 1.807) is 29.2 Å². The molecular weight excluding hydrogens is 290 g/mol. The Bertz CT molecular complexity index is 753. The molecule has 0 saturated carbocycles. The van der Waals surface area contributed by atoms with Crippen molar-refractivity contribution < 1.29 is 9.59 Å². The molecule has 0 spiro atoms. The van der Waals surface area contributed by atoms with Crippen LogP contribution in [0.2, 0.25) is 0 Å². The van der Waals surface area contributed by atoms with E-state index in [0.29, 0.717) is 12.0 Å². The lowest BCUT2D eigenvalue weighted by Crippen LogP contribution is -2.23. The first-order valence-electron chi connectivity index (χ1n) is 7.70. The number of rotatable bonds is 4. The molecule has 0 atom stereocenters. The number of nitrogens with one attached hydrogen (secondary N) is 1. The molecule has 1 amide bonds. The molecule has 1 aromatic heterocycles. The highest BCUT2D eigenvalue weighted by Crippen LogP contribution is 2.22. The normalized spacial score (nSPS) is 14.9. The minimum absolute atomic E-state index is 0.0655. The highest BCUT2D eigenvalue weighted by atomic mass is 16.2. The van der Waals surface area contributed by atoms with Crippen molar-refractivity contribution in [2.75, 3.05) is 11.4 Å². The van der Waals surface area contributed by atoms with Gasteiger partial charge in [0.15, 0.2) is 5.78 Å². The molecule has 1 aliphatic heterocycles. The van der Waals surface area contributed by atoms with Crippen LogP contribution in [0.25, 0.3) is 6.08 Å². The van der Waals surface area contributed by atoms with Crippen molar-refractivity contribution in [2.24, 2.45) is 0 Å². The number of hydrogen-bond donors (Lipinski definition) is 1. The number of carbonyl (C=O) groups is 2. The van der Waals surface area contributed by atoms with Crippen molar-refractivity contribution in [2.45, 2.75) is 26.7 Å². The predicted molar refractivity (Wildman–Crippen MR) is 89.5 cm³/mol. The zero-order valence-corrected chi connectivity index (χ0v) is 13.3. The number of nitrogens with zero attached hydrogens (tertiary/aromatic N) is 2. The first-order chi connectivity index (χ1) is 11.1. The van der Waals surface area contributed by atoms with Gasteiger partial charge in [0.05, 0.1) is 5.69 Å². The van der Waals surface area contributed by atoms with Crippen molar-refractivity contribution in [1.82, 2.24) is 10.2 Å². The Labute approximate surface area is 135 Å². The van der Waals surface area contributed by atoms with Crippen LogP contribution < -0.4 is 4.90 Å². The topological polar surface area (TPSA) is 66.1 Å². The van der Waals surface area contributed by atoms with Crippen LogP contribution in [0.4, 0.5) is 5.69 Å². The lowest BCUT2D eigenvalue weighted by atomic mass is 10.1. The average molecular weight is 309 g/mol. The van der Waals surface area contributed by atoms with Crippen molar-refractivity contribution in [3.05, 3.63) is 52.9 Å². The molecule has 1 aromatic carbocycles. The molecule has 1 saturated heterocycles. The van der Waals surface area contributed by atoms with Crippen LogP contribution in [0.5, 0.6) is 0 Å². The van der Waals surface area contributed by atoms with E-state index in [2.05, 4.69) is 10.2 Å². The number of allylic oxidation sites excluding steroid dienone is 1. The highest BCUT2D eigenvalue weighted by molar-refractivity contribution is 6.07. The zero-order valence-electron chi connectivity index (χ0n) is 13.3. The van der Waals surface area contributed by atoms with Crippen molar-refractivity contribution in [1.29, 1.82) is 0 Å². The van der Waals surface area contributed by atoms with Gasteiger partial charge in [-0.1, -0.05) is 0 Å². The fourth-order valence-electron chi connectivity index (χ4n) is 2.79. The first kappa shape index (κ1) is 15.2. The number of anilines is 1. The minimum Gasteiger partial charge on any atom is -0.312 e. The van der Waals surface area contributed by atoms with Crippen molar-refractivity contribution in [3.63, 3.8) is 0 Å². The summed E-state index contributed by atoms with van der Waals surface area (Å²) in [7, 11) is 0. The van der Waals surface area contributed by atoms with E-state index in [4.69, 9.17) is 0 Å². The molecule has 0 bridgehead atoms. The van der Waals surface area contributed by atoms with Crippen LogP contribution >= 0.6 is 0 Å². The lowest BCUT2D eigenvalue weighted by molar-refractivity contribution is -0.117. The van der Waals surface area contributed by atoms with E-state index < -0.39 is 0 Å². The van der Waals surface area contributed by atoms with Gasteiger partial charge in [0.25, 0.3) is 0 Å². The van der Waals surface area contributed by atoms with Gasteiger partial charge in [-0.15, -0.1) is 0 Å². The fourth-order valence-corrected chi connectivity index (χ4v) is 2.79. The number of amides is 1. The number of benzene rings is 1. The maximum atomic E-state index is 12.3. The fraction of sp³-hybridized carbons (Fsp3) is 0.278. The molecule has 3 rings (SSSR count). The summed E-state index contributed by atoms with van der Waals surface area (Å²) in [5.41, 5.74) is 4.21. The SMILES string of the molecule is Cc1n[nH]c(C)c1C=CC(=O)c1ccc(N2CCCC2=O)cc1. The Morgan fingerprint density at radius 3 is 2.57 bits per heavy atom. The summed E-state index contributed by atoms with van der Waals surface area (Å²) in [6.45, 7) is 4.58. The van der Waals surface area contributed by atoms with Gasteiger partial charge in [0, 0.05) is 35.5 Å². The summed E-state index contributed by atoms with van der Waals surface area (Å²) in [6.07, 6.45) is 4.84. The van der Waals surface area contributed by atoms with Crippen LogP contribution in [0.15, 0.2) is 30.3 Å². The maximum absolute atomic E-state index is 12.3. The Morgan fingerprint density at radius 1 is 1.26 bits per heavy atom. The van der Waals surface area contributed by atoms with E-state index in [1.165, 1.54) is 0 Å². The van der Waals surface area contributed by atoms with Gasteiger partial charge in [-0.05, 0) is 56.7 Å². The van der Waals surface area contributed by atoms with Crippen LogP contribution in [-0.2, 0) is 4.79 Å². The summed E-state index contributed by atoms with van der Waals surface area (Å²) in [5, 5.41) is 7.00. The first-order valence-corrected chi connectivity index (χ1v) is 7.70. The quantitative estimate of drug-likeness (QED) is 0.697. The number of H-pyrrole nitrogens is 1. The second-order valence-corrected chi connectivity index (χ2v) is 5.74. The third kappa shape index (κ3) is 3.08. The molecule has 1 fully saturated rings. The Morgan fingerprint density at radius 2 is 2.00 bits per heavy atom. The molecule has 2 heterocycles. The number of aromatic amines is 1. The Balaban J connectivity index is 1.74. The molecule has 1 N–H and O–H groups in total. The van der Waals surface area contributed by atoms with E-state index in [1.807, 2.05) is 26.0 Å². The maximum Gasteiger partial charge on any atom is 0.227 e. The predicted octanol–water partition coefficient (Wildman–Crippen LogP) is 3.05. The summed E-state index contributed by atoms with van der Waals surface area (Å²) in [6, 6.07) is 7.20. The number of aryl methyl sites for hydroxylation is 2. The van der Waals surface area contributed by atoms with E-state index in [9.17, 15) is 9.59 Å². The number of aromatic nitrogens is 2. The minimum atomic E-state index is -0.0655. The third-order valence-corrected chi connectivity index (χ3v) is 4.12. The summed E-state index contributed by atoms with van der Waals surface area (Å²) in [5.74, 6) is 0.0826. The molecular formula is C18H19N3O2. The molecule has 5 heteroatoms. The van der Waals surface area contributed by atoms with Gasteiger partial charge >= 0.3 is 0 Å². The average Bonchev–Trinajstić information content (AvgIpc) is 3.11. The molecule has 23 heavy (non-hydrogen) atoms.